The van der Waals surface area contributed by atoms with Gasteiger partial charge < -0.3 is 4.74 Å². The predicted molar refractivity (Wildman–Crippen MR) is 54.6 cm³/mol. The second kappa shape index (κ2) is 3.54. The molecule has 0 amide bonds. The van der Waals surface area contributed by atoms with E-state index >= 15 is 0 Å². The lowest BCUT2D eigenvalue weighted by Crippen LogP contribution is -1.85. The summed E-state index contributed by atoms with van der Waals surface area (Å²) >= 11 is 0. The third-order valence-corrected chi connectivity index (χ3v) is 2.17. The number of nitrogens with zero attached hydrogens (tertiary/aromatic N) is 1. The maximum atomic E-state index is 5.59. The fourth-order valence-corrected chi connectivity index (χ4v) is 1.16. The average Bonchev–Trinajstić information content (AvgIpc) is 2.52. The molecular weight excluding hydrogens is 176 g/mol. The Morgan fingerprint density at radius 1 is 1.14 bits per heavy atom. The Morgan fingerprint density at radius 2 is 1.86 bits per heavy atom. The molecule has 1 aromatic heterocycles. The van der Waals surface area contributed by atoms with Crippen LogP contribution in [0.3, 0.4) is 0 Å². The van der Waals surface area contributed by atoms with E-state index in [9.17, 15) is 0 Å². The zero-order valence-corrected chi connectivity index (χ0v) is 8.24. The fourth-order valence-electron chi connectivity index (χ4n) is 1.16. The highest BCUT2D eigenvalue weighted by Gasteiger charge is 2.06. The number of hydrogen-bond donors (Lipinski definition) is 1. The van der Waals surface area contributed by atoms with Gasteiger partial charge in [0.2, 0.25) is 5.88 Å². The van der Waals surface area contributed by atoms with Crippen molar-refractivity contribution in [2.45, 2.75) is 13.8 Å². The van der Waals surface area contributed by atoms with Crippen molar-refractivity contribution in [2.24, 2.45) is 0 Å². The Bertz CT molecular complexity index is 420. The number of aryl methyl sites for hydroxylation is 1. The van der Waals surface area contributed by atoms with Crippen molar-refractivity contribution in [3.63, 3.8) is 0 Å². The standard InChI is InChI=1S/C11H12N2O/c1-8-9(2)12-13-11(8)14-10-6-4-3-5-7-10/h3-7H,1-2H3,(H,12,13). The van der Waals surface area contributed by atoms with Gasteiger partial charge in [0.05, 0.1) is 0 Å². The van der Waals surface area contributed by atoms with E-state index in [-0.39, 0.29) is 0 Å². The average molecular weight is 188 g/mol. The molecule has 0 bridgehead atoms. The van der Waals surface area contributed by atoms with Crippen LogP contribution >= 0.6 is 0 Å². The second-order valence-electron chi connectivity index (χ2n) is 3.19. The van der Waals surface area contributed by atoms with Crippen molar-refractivity contribution in [1.29, 1.82) is 0 Å². The molecule has 0 aliphatic carbocycles. The summed E-state index contributed by atoms with van der Waals surface area (Å²) in [7, 11) is 0. The minimum absolute atomic E-state index is 0.647. The van der Waals surface area contributed by atoms with E-state index in [1.165, 1.54) is 0 Å². The first-order valence-corrected chi connectivity index (χ1v) is 4.52. The van der Waals surface area contributed by atoms with E-state index in [4.69, 9.17) is 4.74 Å². The van der Waals surface area contributed by atoms with Gasteiger partial charge in [-0.25, -0.2) is 0 Å². The minimum Gasteiger partial charge on any atom is -0.437 e. The van der Waals surface area contributed by atoms with E-state index in [1.54, 1.807) is 0 Å². The van der Waals surface area contributed by atoms with Crippen molar-refractivity contribution in [1.82, 2.24) is 10.2 Å². The van der Waals surface area contributed by atoms with Gasteiger partial charge in [-0.15, -0.1) is 5.10 Å². The smallest absolute Gasteiger partial charge is 0.241 e. The zero-order chi connectivity index (χ0) is 9.97. The normalized spacial score (nSPS) is 10.1. The number of nitrogens with one attached hydrogen (secondary N) is 1. The van der Waals surface area contributed by atoms with Crippen LogP contribution in [0.5, 0.6) is 11.6 Å². The van der Waals surface area contributed by atoms with E-state index in [1.807, 2.05) is 44.2 Å². The van der Waals surface area contributed by atoms with E-state index < -0.39 is 0 Å². The Morgan fingerprint density at radius 3 is 2.43 bits per heavy atom. The molecule has 0 aliphatic heterocycles. The van der Waals surface area contributed by atoms with Crippen LogP contribution in [-0.2, 0) is 0 Å². The number of ether oxygens (including phenoxy) is 1. The van der Waals surface area contributed by atoms with Crippen LogP contribution in [0.1, 0.15) is 11.3 Å². The molecule has 0 fully saturated rings. The van der Waals surface area contributed by atoms with Gasteiger partial charge in [0.1, 0.15) is 5.75 Å². The molecule has 0 spiro atoms. The van der Waals surface area contributed by atoms with Gasteiger partial charge in [-0.2, -0.15) is 0 Å². The number of benzene rings is 1. The number of rotatable bonds is 2. The highest BCUT2D eigenvalue weighted by atomic mass is 16.5. The van der Waals surface area contributed by atoms with Crippen LogP contribution in [0, 0.1) is 13.8 Å². The SMILES string of the molecule is Cc1[nH]nc(Oc2ccccc2)c1C. The Balaban J connectivity index is 2.23. The van der Waals surface area contributed by atoms with Gasteiger partial charge in [0, 0.05) is 11.3 Å². The number of aromatic nitrogens is 2. The van der Waals surface area contributed by atoms with E-state index in [2.05, 4.69) is 10.2 Å². The van der Waals surface area contributed by atoms with Gasteiger partial charge >= 0.3 is 0 Å². The Hall–Kier alpha value is -1.77. The Labute approximate surface area is 82.7 Å². The lowest BCUT2D eigenvalue weighted by molar-refractivity contribution is 0.458. The van der Waals surface area contributed by atoms with E-state index in [0.717, 1.165) is 17.0 Å². The topological polar surface area (TPSA) is 37.9 Å². The molecule has 0 atom stereocenters. The molecule has 3 nitrogen and oxygen atoms in total. The molecule has 72 valence electrons. The van der Waals surface area contributed by atoms with Crippen LogP contribution in [0.4, 0.5) is 0 Å². The van der Waals surface area contributed by atoms with Gasteiger partial charge in [-0.05, 0) is 26.0 Å². The molecule has 2 aromatic rings. The van der Waals surface area contributed by atoms with Crippen LogP contribution in [0.2, 0.25) is 0 Å². The molecule has 14 heavy (non-hydrogen) atoms. The fraction of sp³-hybridized carbons (Fsp3) is 0.182. The van der Waals surface area contributed by atoms with Crippen LogP contribution < -0.4 is 4.74 Å². The molecule has 1 heterocycles. The molecule has 0 saturated carbocycles. The molecule has 3 heteroatoms. The van der Waals surface area contributed by atoms with Gasteiger partial charge in [0.25, 0.3) is 0 Å². The molecule has 0 unspecified atom stereocenters. The summed E-state index contributed by atoms with van der Waals surface area (Å²) in [5, 5.41) is 6.95. The quantitative estimate of drug-likeness (QED) is 0.786. The molecule has 1 N–H and O–H groups in total. The van der Waals surface area contributed by atoms with Crippen molar-refractivity contribution < 1.29 is 4.74 Å². The summed E-state index contributed by atoms with van der Waals surface area (Å²) in [6, 6.07) is 9.64. The summed E-state index contributed by atoms with van der Waals surface area (Å²) in [4.78, 5) is 0. The minimum atomic E-state index is 0.647. The summed E-state index contributed by atoms with van der Waals surface area (Å²) in [5.41, 5.74) is 2.09. The molecule has 0 aliphatic rings. The lowest BCUT2D eigenvalue weighted by Gasteiger charge is -2.01. The monoisotopic (exact) mass is 188 g/mol. The maximum Gasteiger partial charge on any atom is 0.241 e. The summed E-state index contributed by atoms with van der Waals surface area (Å²) in [5.74, 6) is 1.45. The number of H-pyrrole nitrogens is 1. The van der Waals surface area contributed by atoms with Crippen molar-refractivity contribution in [2.75, 3.05) is 0 Å². The van der Waals surface area contributed by atoms with E-state index in [0.29, 0.717) is 5.88 Å². The maximum absolute atomic E-state index is 5.59. The Kier molecular flexibility index (Phi) is 2.23. The third kappa shape index (κ3) is 1.62. The molecular formula is C11H12N2O. The molecule has 1 aromatic carbocycles. The van der Waals surface area contributed by atoms with Crippen molar-refractivity contribution in [3.8, 4) is 11.6 Å². The number of hydrogen-bond acceptors (Lipinski definition) is 2. The molecule has 0 radical (unpaired) electrons. The van der Waals surface area contributed by atoms with Crippen molar-refractivity contribution >= 4 is 0 Å². The first-order chi connectivity index (χ1) is 6.77. The van der Waals surface area contributed by atoms with Crippen LogP contribution in [-0.4, -0.2) is 10.2 Å². The van der Waals surface area contributed by atoms with Crippen LogP contribution in [0.15, 0.2) is 30.3 Å². The highest BCUT2D eigenvalue weighted by molar-refractivity contribution is 5.33. The molecule has 0 saturated heterocycles. The zero-order valence-electron chi connectivity index (χ0n) is 8.24. The van der Waals surface area contributed by atoms with Crippen molar-refractivity contribution in [3.05, 3.63) is 41.6 Å². The lowest BCUT2D eigenvalue weighted by atomic mass is 10.3. The van der Waals surface area contributed by atoms with Gasteiger partial charge in [0.15, 0.2) is 0 Å². The largest absolute Gasteiger partial charge is 0.437 e. The predicted octanol–water partition coefficient (Wildman–Crippen LogP) is 2.82. The van der Waals surface area contributed by atoms with Crippen LogP contribution in [0.25, 0.3) is 0 Å². The van der Waals surface area contributed by atoms with Gasteiger partial charge in [-0.3, -0.25) is 5.10 Å². The first kappa shape index (κ1) is 8.81. The second-order valence-corrected chi connectivity index (χ2v) is 3.19. The van der Waals surface area contributed by atoms with Gasteiger partial charge in [-0.1, -0.05) is 18.2 Å². The third-order valence-electron chi connectivity index (χ3n) is 2.17. The number of para-hydroxylation sites is 1. The summed E-state index contributed by atoms with van der Waals surface area (Å²) in [6.07, 6.45) is 0. The first-order valence-electron chi connectivity index (χ1n) is 4.52. The highest BCUT2D eigenvalue weighted by Crippen LogP contribution is 2.23. The molecule has 2 rings (SSSR count). The summed E-state index contributed by atoms with van der Waals surface area (Å²) < 4.78 is 5.59. The summed E-state index contributed by atoms with van der Waals surface area (Å²) in [6.45, 7) is 3.96. The number of aromatic amines is 1.